The topological polar surface area (TPSA) is 28.2 Å². The molecule has 88 valence electrons. The molecule has 0 aliphatic carbocycles. The third kappa shape index (κ3) is 3.46. The Morgan fingerprint density at radius 3 is 3.12 bits per heavy atom. The summed E-state index contributed by atoms with van der Waals surface area (Å²) in [5, 5.41) is 3.45. The average Bonchev–Trinajstić information content (AvgIpc) is 2.28. The minimum absolute atomic E-state index is 0.766. The first-order valence-corrected chi connectivity index (χ1v) is 6.57. The second kappa shape index (κ2) is 5.64. The van der Waals surface area contributed by atoms with Crippen molar-refractivity contribution in [2.45, 2.75) is 12.8 Å². The predicted molar refractivity (Wildman–Crippen MR) is 70.6 cm³/mol. The van der Waals surface area contributed by atoms with Gasteiger partial charge in [-0.1, -0.05) is 0 Å². The highest BCUT2D eigenvalue weighted by molar-refractivity contribution is 9.10. The van der Waals surface area contributed by atoms with Crippen LogP contribution in [-0.4, -0.2) is 36.6 Å². The summed E-state index contributed by atoms with van der Waals surface area (Å²) in [5.74, 6) is 0.766. The van der Waals surface area contributed by atoms with Crippen LogP contribution in [0.3, 0.4) is 0 Å². The van der Waals surface area contributed by atoms with Gasteiger partial charge in [0, 0.05) is 13.1 Å². The summed E-state index contributed by atoms with van der Waals surface area (Å²) in [4.78, 5) is 6.61. The van der Waals surface area contributed by atoms with Gasteiger partial charge in [0.05, 0.1) is 11.9 Å². The van der Waals surface area contributed by atoms with Crippen molar-refractivity contribution < 1.29 is 0 Å². The Morgan fingerprint density at radius 2 is 2.44 bits per heavy atom. The van der Waals surface area contributed by atoms with Gasteiger partial charge >= 0.3 is 0 Å². The van der Waals surface area contributed by atoms with Crippen LogP contribution >= 0.6 is 15.9 Å². The Kier molecular flexibility index (Phi) is 4.18. The van der Waals surface area contributed by atoms with Crippen molar-refractivity contribution in [1.29, 1.82) is 0 Å². The first-order chi connectivity index (χ1) is 7.74. The summed E-state index contributed by atoms with van der Waals surface area (Å²) in [6.45, 7) is 3.50. The summed E-state index contributed by atoms with van der Waals surface area (Å²) in [5.41, 5.74) is 1.11. The molecule has 16 heavy (non-hydrogen) atoms. The maximum absolute atomic E-state index is 4.20. The fraction of sp³-hybridized carbons (Fsp3) is 0.583. The standard InChI is InChI=1S/C12H18BrN3/c1-16-6-2-3-10(9-16)7-14-11-4-5-12(13)15-8-11/h4-5,8,10,14H,2-3,6-7,9H2,1H3. The van der Waals surface area contributed by atoms with Crippen molar-refractivity contribution in [1.82, 2.24) is 9.88 Å². The number of nitrogens with zero attached hydrogens (tertiary/aromatic N) is 2. The summed E-state index contributed by atoms with van der Waals surface area (Å²) in [7, 11) is 2.20. The monoisotopic (exact) mass is 283 g/mol. The number of aromatic nitrogens is 1. The third-order valence-electron chi connectivity index (χ3n) is 3.04. The van der Waals surface area contributed by atoms with Crippen LogP contribution < -0.4 is 5.32 Å². The molecule has 1 saturated heterocycles. The zero-order valence-corrected chi connectivity index (χ0v) is 11.2. The Bertz CT molecular complexity index is 326. The number of nitrogens with one attached hydrogen (secondary N) is 1. The van der Waals surface area contributed by atoms with E-state index in [9.17, 15) is 0 Å². The highest BCUT2D eigenvalue weighted by atomic mass is 79.9. The first kappa shape index (κ1) is 11.9. The van der Waals surface area contributed by atoms with E-state index in [0.29, 0.717) is 0 Å². The highest BCUT2D eigenvalue weighted by Crippen LogP contribution is 2.16. The normalized spacial score (nSPS) is 22.0. The Labute approximate surface area is 105 Å². The molecule has 0 bridgehead atoms. The molecule has 1 unspecified atom stereocenters. The molecule has 1 aliphatic heterocycles. The molecule has 0 radical (unpaired) electrons. The van der Waals surface area contributed by atoms with Gasteiger partial charge in [-0.05, 0) is 60.4 Å². The Balaban J connectivity index is 1.80. The maximum Gasteiger partial charge on any atom is 0.106 e. The van der Waals surface area contributed by atoms with Gasteiger partial charge in [-0.25, -0.2) is 4.98 Å². The van der Waals surface area contributed by atoms with Crippen molar-refractivity contribution in [2.75, 3.05) is 32.0 Å². The van der Waals surface area contributed by atoms with Crippen LogP contribution in [0.5, 0.6) is 0 Å². The smallest absolute Gasteiger partial charge is 0.106 e. The number of hydrogen-bond donors (Lipinski definition) is 1. The molecule has 0 spiro atoms. The average molecular weight is 284 g/mol. The van der Waals surface area contributed by atoms with E-state index < -0.39 is 0 Å². The molecule has 0 saturated carbocycles. The van der Waals surface area contributed by atoms with Gasteiger partial charge in [0.1, 0.15) is 4.60 Å². The molecule has 1 fully saturated rings. The van der Waals surface area contributed by atoms with Crippen LogP contribution in [0.4, 0.5) is 5.69 Å². The molecule has 2 rings (SSSR count). The molecule has 0 aromatic carbocycles. The van der Waals surface area contributed by atoms with Crippen LogP contribution in [0.1, 0.15) is 12.8 Å². The summed E-state index contributed by atoms with van der Waals surface area (Å²) >= 11 is 3.34. The lowest BCUT2D eigenvalue weighted by Crippen LogP contribution is -2.35. The van der Waals surface area contributed by atoms with E-state index >= 15 is 0 Å². The van der Waals surface area contributed by atoms with Crippen LogP contribution in [0.15, 0.2) is 22.9 Å². The minimum Gasteiger partial charge on any atom is -0.383 e. The van der Waals surface area contributed by atoms with E-state index in [1.807, 2.05) is 12.3 Å². The summed E-state index contributed by atoms with van der Waals surface area (Å²) < 4.78 is 0.885. The largest absolute Gasteiger partial charge is 0.383 e. The van der Waals surface area contributed by atoms with Gasteiger partial charge in [0.15, 0.2) is 0 Å². The molecule has 1 aromatic rings. The number of pyridine rings is 1. The number of halogens is 1. The number of likely N-dealkylation sites (tertiary alicyclic amines) is 1. The zero-order valence-electron chi connectivity index (χ0n) is 9.62. The molecule has 1 N–H and O–H groups in total. The van der Waals surface area contributed by atoms with Crippen LogP contribution in [-0.2, 0) is 0 Å². The van der Waals surface area contributed by atoms with E-state index in [1.165, 1.54) is 25.9 Å². The van der Waals surface area contributed by atoms with Crippen LogP contribution in [0, 0.1) is 5.92 Å². The Morgan fingerprint density at radius 1 is 1.56 bits per heavy atom. The molecule has 1 aromatic heterocycles. The highest BCUT2D eigenvalue weighted by Gasteiger charge is 2.16. The Hall–Kier alpha value is -0.610. The van der Waals surface area contributed by atoms with E-state index in [-0.39, 0.29) is 0 Å². The number of piperidine rings is 1. The molecule has 2 heterocycles. The fourth-order valence-electron chi connectivity index (χ4n) is 2.18. The lowest BCUT2D eigenvalue weighted by molar-refractivity contribution is 0.217. The number of hydrogen-bond acceptors (Lipinski definition) is 3. The van der Waals surface area contributed by atoms with Crippen LogP contribution in [0.25, 0.3) is 0 Å². The molecule has 1 aliphatic rings. The lowest BCUT2D eigenvalue weighted by atomic mass is 9.98. The van der Waals surface area contributed by atoms with Crippen molar-refractivity contribution in [3.05, 3.63) is 22.9 Å². The fourth-order valence-corrected chi connectivity index (χ4v) is 2.42. The van der Waals surface area contributed by atoms with Crippen molar-refractivity contribution >= 4 is 21.6 Å². The first-order valence-electron chi connectivity index (χ1n) is 5.78. The quantitative estimate of drug-likeness (QED) is 0.865. The summed E-state index contributed by atoms with van der Waals surface area (Å²) in [6, 6.07) is 4.03. The second-order valence-electron chi connectivity index (χ2n) is 4.52. The van der Waals surface area contributed by atoms with Gasteiger partial charge in [0.25, 0.3) is 0 Å². The lowest BCUT2D eigenvalue weighted by Gasteiger charge is -2.29. The van der Waals surface area contributed by atoms with Crippen molar-refractivity contribution in [3.63, 3.8) is 0 Å². The van der Waals surface area contributed by atoms with E-state index in [0.717, 1.165) is 22.8 Å². The predicted octanol–water partition coefficient (Wildman–Crippen LogP) is 2.60. The molecule has 1 atom stereocenters. The number of anilines is 1. The van der Waals surface area contributed by atoms with Gasteiger partial charge in [-0.2, -0.15) is 0 Å². The van der Waals surface area contributed by atoms with E-state index in [4.69, 9.17) is 0 Å². The molecular weight excluding hydrogens is 266 g/mol. The molecule has 0 amide bonds. The van der Waals surface area contributed by atoms with Crippen LogP contribution in [0.2, 0.25) is 0 Å². The van der Waals surface area contributed by atoms with E-state index in [1.54, 1.807) is 0 Å². The minimum atomic E-state index is 0.766. The van der Waals surface area contributed by atoms with Gasteiger partial charge in [-0.3, -0.25) is 0 Å². The van der Waals surface area contributed by atoms with Gasteiger partial charge < -0.3 is 10.2 Å². The van der Waals surface area contributed by atoms with Crippen molar-refractivity contribution in [3.8, 4) is 0 Å². The molecule has 4 heteroatoms. The SMILES string of the molecule is CN1CCCC(CNc2ccc(Br)nc2)C1. The molecule has 3 nitrogen and oxygen atoms in total. The van der Waals surface area contributed by atoms with Crippen molar-refractivity contribution in [2.24, 2.45) is 5.92 Å². The molecular formula is C12H18BrN3. The summed E-state index contributed by atoms with van der Waals surface area (Å²) in [6.07, 6.45) is 4.53. The van der Waals surface area contributed by atoms with E-state index in [2.05, 4.69) is 44.2 Å². The maximum atomic E-state index is 4.20. The second-order valence-corrected chi connectivity index (χ2v) is 5.33. The zero-order chi connectivity index (χ0) is 11.4. The van der Waals surface area contributed by atoms with Gasteiger partial charge in [0.2, 0.25) is 0 Å². The third-order valence-corrected chi connectivity index (χ3v) is 3.51. The number of rotatable bonds is 3. The van der Waals surface area contributed by atoms with Gasteiger partial charge in [-0.15, -0.1) is 0 Å².